The van der Waals surface area contributed by atoms with Gasteiger partial charge in [0.05, 0.1) is 18.5 Å². The van der Waals surface area contributed by atoms with E-state index in [0.29, 0.717) is 29.8 Å². The van der Waals surface area contributed by atoms with E-state index in [4.69, 9.17) is 10.5 Å². The number of unbranched alkanes of at least 4 members (excludes halogenated alkanes) is 3. The number of fused-ring (bicyclic) bond motifs is 1. The highest BCUT2D eigenvalue weighted by molar-refractivity contribution is 6.08. The molecular formula is C23H27N3O3. The van der Waals surface area contributed by atoms with Crippen LogP contribution in [0.15, 0.2) is 48.7 Å². The number of nitrogen functional groups attached to an aromatic ring is 1. The fraction of sp³-hybridized carbons (Fsp3) is 0.304. The normalized spacial score (nSPS) is 10.8. The second-order valence-corrected chi connectivity index (χ2v) is 7.09. The molecule has 0 spiro atoms. The number of hydrogen-bond donors (Lipinski definition) is 3. The van der Waals surface area contributed by atoms with Gasteiger partial charge in [0.15, 0.2) is 5.78 Å². The topological polar surface area (TPSA) is 97.2 Å². The third-order valence-corrected chi connectivity index (χ3v) is 4.98. The van der Waals surface area contributed by atoms with Gasteiger partial charge in [-0.15, -0.1) is 0 Å². The monoisotopic (exact) mass is 393 g/mol. The highest BCUT2D eigenvalue weighted by Gasteiger charge is 2.12. The highest BCUT2D eigenvalue weighted by Crippen LogP contribution is 2.25. The smallest absolute Gasteiger partial charge is 0.224 e. The summed E-state index contributed by atoms with van der Waals surface area (Å²) in [6.45, 7) is 0. The van der Waals surface area contributed by atoms with Crippen LogP contribution in [0.4, 0.5) is 11.4 Å². The number of nitrogens with two attached hydrogens (primary N) is 1. The van der Waals surface area contributed by atoms with E-state index in [1.165, 1.54) is 0 Å². The van der Waals surface area contributed by atoms with Crippen LogP contribution in [0.25, 0.3) is 10.9 Å². The molecule has 0 aliphatic heterocycles. The third kappa shape index (κ3) is 5.38. The standard InChI is InChI=1S/C23H27N3O3/c1-29-16-12-13-20-17(14-16)18(15-25-20)22(27)10-4-2-3-5-11-23(28)26-21-9-7-6-8-19(21)24/h6-9,12-15,25H,2-5,10-11,24H2,1H3,(H,26,28). The first-order valence-corrected chi connectivity index (χ1v) is 9.91. The number of H-pyrrole nitrogens is 1. The molecule has 0 saturated heterocycles. The van der Waals surface area contributed by atoms with Crippen LogP contribution >= 0.6 is 0 Å². The van der Waals surface area contributed by atoms with Crippen molar-refractivity contribution < 1.29 is 14.3 Å². The number of rotatable bonds is 10. The van der Waals surface area contributed by atoms with Crippen molar-refractivity contribution in [3.05, 3.63) is 54.2 Å². The van der Waals surface area contributed by atoms with Crippen molar-refractivity contribution in [3.63, 3.8) is 0 Å². The number of nitrogens with one attached hydrogen (secondary N) is 2. The van der Waals surface area contributed by atoms with E-state index in [-0.39, 0.29) is 11.7 Å². The van der Waals surface area contributed by atoms with Crippen LogP contribution in [-0.4, -0.2) is 23.8 Å². The number of carbonyl (C=O) groups excluding carboxylic acids is 2. The van der Waals surface area contributed by atoms with Crippen LogP contribution in [0, 0.1) is 0 Å². The number of aromatic amines is 1. The van der Waals surface area contributed by atoms with Gasteiger partial charge in [0.2, 0.25) is 5.91 Å². The summed E-state index contributed by atoms with van der Waals surface area (Å²) in [6, 6.07) is 12.9. The largest absolute Gasteiger partial charge is 0.497 e. The number of amides is 1. The summed E-state index contributed by atoms with van der Waals surface area (Å²) in [5, 5.41) is 3.73. The fourth-order valence-corrected chi connectivity index (χ4v) is 3.34. The van der Waals surface area contributed by atoms with Gasteiger partial charge in [-0.05, 0) is 43.2 Å². The Morgan fingerprint density at radius 2 is 1.79 bits per heavy atom. The van der Waals surface area contributed by atoms with Crippen molar-refractivity contribution in [2.24, 2.45) is 0 Å². The Balaban J connectivity index is 1.38. The maximum atomic E-state index is 12.6. The number of anilines is 2. The molecular weight excluding hydrogens is 366 g/mol. The molecule has 6 nitrogen and oxygen atoms in total. The van der Waals surface area contributed by atoms with Crippen molar-refractivity contribution in [1.82, 2.24) is 4.98 Å². The van der Waals surface area contributed by atoms with Crippen molar-refractivity contribution in [3.8, 4) is 5.75 Å². The molecule has 0 aliphatic rings. The number of aromatic nitrogens is 1. The second kappa shape index (κ2) is 9.78. The van der Waals surface area contributed by atoms with Gasteiger partial charge in [0.25, 0.3) is 0 Å². The number of ether oxygens (including phenoxy) is 1. The van der Waals surface area contributed by atoms with E-state index in [2.05, 4.69) is 10.3 Å². The first-order valence-electron chi connectivity index (χ1n) is 9.91. The SMILES string of the molecule is COc1ccc2[nH]cc(C(=O)CCCCCCC(=O)Nc3ccccc3N)c2c1. The maximum Gasteiger partial charge on any atom is 0.224 e. The van der Waals surface area contributed by atoms with Crippen LogP contribution in [0.5, 0.6) is 5.75 Å². The molecule has 0 saturated carbocycles. The van der Waals surface area contributed by atoms with E-state index in [1.807, 2.05) is 30.3 Å². The summed E-state index contributed by atoms with van der Waals surface area (Å²) in [5.41, 5.74) is 8.68. The molecule has 1 heterocycles. The molecule has 0 bridgehead atoms. The van der Waals surface area contributed by atoms with Gasteiger partial charge in [-0.25, -0.2) is 0 Å². The number of benzene rings is 2. The predicted octanol–water partition coefficient (Wildman–Crippen LogP) is 4.92. The number of para-hydroxylation sites is 2. The Morgan fingerprint density at radius 1 is 1.03 bits per heavy atom. The Morgan fingerprint density at radius 3 is 2.55 bits per heavy atom. The summed E-state index contributed by atoms with van der Waals surface area (Å²) in [6.07, 6.45) is 6.14. The Kier molecular flexibility index (Phi) is 6.89. The molecule has 0 unspecified atom stereocenters. The number of Topliss-reactive ketones (excluding diaryl/α,β-unsaturated/α-hetero) is 1. The van der Waals surface area contributed by atoms with E-state index < -0.39 is 0 Å². The molecule has 0 radical (unpaired) electrons. The van der Waals surface area contributed by atoms with Gasteiger partial charge >= 0.3 is 0 Å². The van der Waals surface area contributed by atoms with E-state index in [0.717, 1.165) is 42.3 Å². The Hall–Kier alpha value is -3.28. The number of ketones is 1. The first-order chi connectivity index (χ1) is 14.1. The molecule has 3 aromatic rings. The lowest BCUT2D eigenvalue weighted by Crippen LogP contribution is -2.12. The molecule has 2 aromatic carbocycles. The molecule has 6 heteroatoms. The van der Waals surface area contributed by atoms with Crippen molar-refractivity contribution in [2.75, 3.05) is 18.2 Å². The Bertz CT molecular complexity index is 994. The summed E-state index contributed by atoms with van der Waals surface area (Å²) in [4.78, 5) is 27.7. The lowest BCUT2D eigenvalue weighted by atomic mass is 10.0. The van der Waals surface area contributed by atoms with Crippen LogP contribution in [-0.2, 0) is 4.79 Å². The van der Waals surface area contributed by atoms with Crippen LogP contribution in [0.2, 0.25) is 0 Å². The number of carbonyl (C=O) groups is 2. The molecule has 29 heavy (non-hydrogen) atoms. The average molecular weight is 393 g/mol. The lowest BCUT2D eigenvalue weighted by Gasteiger charge is -2.07. The quantitative estimate of drug-likeness (QED) is 0.259. The zero-order valence-corrected chi connectivity index (χ0v) is 16.7. The molecule has 4 N–H and O–H groups in total. The zero-order chi connectivity index (χ0) is 20.6. The molecule has 1 amide bonds. The van der Waals surface area contributed by atoms with Gasteiger partial charge in [0, 0.05) is 35.5 Å². The van der Waals surface area contributed by atoms with Crippen LogP contribution < -0.4 is 15.8 Å². The Labute approximate surface area is 170 Å². The van der Waals surface area contributed by atoms with Crippen LogP contribution in [0.1, 0.15) is 48.9 Å². The summed E-state index contributed by atoms with van der Waals surface area (Å²) in [5.74, 6) is 0.829. The minimum atomic E-state index is -0.0354. The van der Waals surface area contributed by atoms with E-state index in [1.54, 1.807) is 25.4 Å². The summed E-state index contributed by atoms with van der Waals surface area (Å²) < 4.78 is 5.25. The molecule has 0 aliphatic carbocycles. The first kappa shape index (κ1) is 20.5. The molecule has 152 valence electrons. The number of methoxy groups -OCH3 is 1. The van der Waals surface area contributed by atoms with Gasteiger partial charge in [0.1, 0.15) is 5.75 Å². The van der Waals surface area contributed by atoms with Crippen molar-refractivity contribution >= 4 is 34.0 Å². The fourth-order valence-electron chi connectivity index (χ4n) is 3.34. The van der Waals surface area contributed by atoms with E-state index >= 15 is 0 Å². The number of hydrogen-bond acceptors (Lipinski definition) is 4. The minimum absolute atomic E-state index is 0.0354. The van der Waals surface area contributed by atoms with E-state index in [9.17, 15) is 9.59 Å². The van der Waals surface area contributed by atoms with Crippen molar-refractivity contribution in [1.29, 1.82) is 0 Å². The van der Waals surface area contributed by atoms with Crippen molar-refractivity contribution in [2.45, 2.75) is 38.5 Å². The predicted molar refractivity (Wildman–Crippen MR) is 116 cm³/mol. The van der Waals surface area contributed by atoms with Gasteiger partial charge < -0.3 is 20.8 Å². The third-order valence-electron chi connectivity index (χ3n) is 4.98. The summed E-state index contributed by atoms with van der Waals surface area (Å²) >= 11 is 0. The molecule has 1 aromatic heterocycles. The zero-order valence-electron chi connectivity index (χ0n) is 16.7. The second-order valence-electron chi connectivity index (χ2n) is 7.09. The minimum Gasteiger partial charge on any atom is -0.497 e. The van der Waals surface area contributed by atoms with Gasteiger partial charge in [-0.1, -0.05) is 25.0 Å². The lowest BCUT2D eigenvalue weighted by molar-refractivity contribution is -0.116. The molecule has 0 fully saturated rings. The van der Waals surface area contributed by atoms with Gasteiger partial charge in [-0.2, -0.15) is 0 Å². The molecule has 0 atom stereocenters. The van der Waals surface area contributed by atoms with Crippen LogP contribution in [0.3, 0.4) is 0 Å². The summed E-state index contributed by atoms with van der Waals surface area (Å²) in [7, 11) is 1.62. The average Bonchev–Trinajstić information content (AvgIpc) is 3.15. The highest BCUT2D eigenvalue weighted by atomic mass is 16.5. The molecule has 3 rings (SSSR count). The maximum absolute atomic E-state index is 12.6. The van der Waals surface area contributed by atoms with Gasteiger partial charge in [-0.3, -0.25) is 9.59 Å².